The molecule has 1 heterocycles. The highest BCUT2D eigenvalue weighted by molar-refractivity contribution is 7.99. The molecule has 1 aromatic heterocycles. The molecule has 2 aromatic carbocycles. The number of thioether (sulfide) groups is 1. The van der Waals surface area contributed by atoms with Crippen LogP contribution in [-0.2, 0) is 6.61 Å². The van der Waals surface area contributed by atoms with Gasteiger partial charge in [0.1, 0.15) is 12.4 Å². The minimum atomic E-state index is 0.400. The van der Waals surface area contributed by atoms with Crippen LogP contribution < -0.4 is 4.74 Å². The quantitative estimate of drug-likeness (QED) is 0.634. The van der Waals surface area contributed by atoms with Crippen LogP contribution in [0, 0.1) is 0 Å². The topological polar surface area (TPSA) is 39.9 Å². The molecule has 0 aliphatic heterocycles. The second-order valence-corrected chi connectivity index (χ2v) is 7.46. The van der Waals surface area contributed by atoms with Crippen molar-refractivity contribution in [3.8, 4) is 11.4 Å². The lowest BCUT2D eigenvalue weighted by Crippen LogP contribution is -2.07. The molecule has 4 rings (SSSR count). The molecule has 25 heavy (non-hydrogen) atoms. The Labute approximate surface area is 152 Å². The van der Waals surface area contributed by atoms with Crippen LogP contribution in [0.1, 0.15) is 31.5 Å². The molecule has 3 aromatic rings. The zero-order chi connectivity index (χ0) is 16.9. The van der Waals surface area contributed by atoms with Gasteiger partial charge in [0, 0.05) is 10.9 Å². The first kappa shape index (κ1) is 16.2. The number of rotatable bonds is 6. The number of hydrogen-bond donors (Lipinski definition) is 0. The summed E-state index contributed by atoms with van der Waals surface area (Å²) in [5.74, 6) is 1.67. The lowest BCUT2D eigenvalue weighted by atomic mass is 10.3. The molecule has 1 aliphatic rings. The van der Waals surface area contributed by atoms with E-state index in [-0.39, 0.29) is 0 Å². The Morgan fingerprint density at radius 3 is 2.32 bits per heavy atom. The number of aromatic nitrogens is 3. The lowest BCUT2D eigenvalue weighted by molar-refractivity contribution is 0.293. The van der Waals surface area contributed by atoms with Gasteiger partial charge in [-0.3, -0.25) is 4.57 Å². The largest absolute Gasteiger partial charge is 0.486 e. The predicted octanol–water partition coefficient (Wildman–Crippen LogP) is 4.88. The highest BCUT2D eigenvalue weighted by atomic mass is 32.2. The van der Waals surface area contributed by atoms with E-state index >= 15 is 0 Å². The number of hydrogen-bond acceptors (Lipinski definition) is 4. The zero-order valence-electron chi connectivity index (χ0n) is 14.0. The van der Waals surface area contributed by atoms with Crippen molar-refractivity contribution in [2.45, 2.75) is 42.7 Å². The van der Waals surface area contributed by atoms with Crippen molar-refractivity contribution in [2.75, 3.05) is 0 Å². The Bertz CT molecular complexity index is 798. The molecule has 1 saturated carbocycles. The van der Waals surface area contributed by atoms with E-state index in [1.165, 1.54) is 25.7 Å². The van der Waals surface area contributed by atoms with Gasteiger partial charge in [0.15, 0.2) is 11.0 Å². The number of ether oxygens (including phenoxy) is 1. The first-order chi connectivity index (χ1) is 12.4. The highest BCUT2D eigenvalue weighted by Crippen LogP contribution is 2.35. The molecule has 0 N–H and O–H groups in total. The van der Waals surface area contributed by atoms with Crippen LogP contribution in [0.4, 0.5) is 0 Å². The molecular formula is C20H21N3OS. The fourth-order valence-electron chi connectivity index (χ4n) is 3.13. The van der Waals surface area contributed by atoms with E-state index in [2.05, 4.69) is 26.9 Å². The van der Waals surface area contributed by atoms with Crippen molar-refractivity contribution in [3.63, 3.8) is 0 Å². The van der Waals surface area contributed by atoms with Gasteiger partial charge < -0.3 is 4.74 Å². The zero-order valence-corrected chi connectivity index (χ0v) is 14.9. The molecule has 0 amide bonds. The minimum Gasteiger partial charge on any atom is -0.486 e. The maximum atomic E-state index is 5.90. The van der Waals surface area contributed by atoms with Gasteiger partial charge in [0.2, 0.25) is 0 Å². The predicted molar refractivity (Wildman–Crippen MR) is 100 cm³/mol. The monoisotopic (exact) mass is 351 g/mol. The highest BCUT2D eigenvalue weighted by Gasteiger charge is 2.22. The van der Waals surface area contributed by atoms with Crippen LogP contribution in [0.2, 0.25) is 0 Å². The summed E-state index contributed by atoms with van der Waals surface area (Å²) in [5.41, 5.74) is 1.08. The van der Waals surface area contributed by atoms with Gasteiger partial charge in [-0.05, 0) is 37.1 Å². The van der Waals surface area contributed by atoms with Crippen LogP contribution in [0.5, 0.6) is 5.75 Å². The van der Waals surface area contributed by atoms with E-state index < -0.39 is 0 Å². The van der Waals surface area contributed by atoms with E-state index in [9.17, 15) is 0 Å². The molecule has 0 spiro atoms. The average Bonchev–Trinajstić information content (AvgIpc) is 3.32. The molecule has 0 bridgehead atoms. The Balaban J connectivity index is 1.60. The third kappa shape index (κ3) is 3.87. The molecule has 128 valence electrons. The van der Waals surface area contributed by atoms with E-state index in [1.54, 1.807) is 0 Å². The molecule has 1 aliphatic carbocycles. The average molecular weight is 351 g/mol. The molecule has 0 unspecified atom stereocenters. The lowest BCUT2D eigenvalue weighted by Gasteiger charge is -2.13. The second-order valence-electron chi connectivity index (χ2n) is 6.20. The Morgan fingerprint density at radius 2 is 1.60 bits per heavy atom. The summed E-state index contributed by atoms with van der Waals surface area (Å²) in [6.07, 6.45) is 5.17. The van der Waals surface area contributed by atoms with Crippen LogP contribution in [0.15, 0.2) is 65.8 Å². The minimum absolute atomic E-state index is 0.400. The first-order valence-electron chi connectivity index (χ1n) is 8.74. The van der Waals surface area contributed by atoms with Gasteiger partial charge in [-0.1, -0.05) is 61.0 Å². The summed E-state index contributed by atoms with van der Waals surface area (Å²) in [4.78, 5) is 0. The van der Waals surface area contributed by atoms with Gasteiger partial charge in [0.05, 0.1) is 0 Å². The third-order valence-corrected chi connectivity index (χ3v) is 5.68. The summed E-state index contributed by atoms with van der Waals surface area (Å²) in [6.45, 7) is 0.400. The fraction of sp³-hybridized carbons (Fsp3) is 0.300. The van der Waals surface area contributed by atoms with Crippen molar-refractivity contribution in [1.82, 2.24) is 14.8 Å². The van der Waals surface area contributed by atoms with Crippen molar-refractivity contribution in [1.29, 1.82) is 0 Å². The first-order valence-corrected chi connectivity index (χ1v) is 9.62. The molecule has 1 fully saturated rings. The maximum Gasteiger partial charge on any atom is 0.196 e. The number of para-hydroxylation sites is 2. The summed E-state index contributed by atoms with van der Waals surface area (Å²) in [6, 6.07) is 20.1. The Kier molecular flexibility index (Phi) is 5.02. The van der Waals surface area contributed by atoms with E-state index in [0.717, 1.165) is 22.4 Å². The molecule has 0 saturated heterocycles. The van der Waals surface area contributed by atoms with Gasteiger partial charge >= 0.3 is 0 Å². The number of nitrogens with zero attached hydrogens (tertiary/aromatic N) is 3. The van der Waals surface area contributed by atoms with E-state index in [0.29, 0.717) is 11.9 Å². The fourth-order valence-corrected chi connectivity index (χ4v) is 4.40. The summed E-state index contributed by atoms with van der Waals surface area (Å²) in [7, 11) is 0. The summed E-state index contributed by atoms with van der Waals surface area (Å²) in [5, 5.41) is 10.5. The van der Waals surface area contributed by atoms with Crippen molar-refractivity contribution in [2.24, 2.45) is 0 Å². The SMILES string of the molecule is c1ccc(OCc2nnc(SC3CCCC3)n2-c2ccccc2)cc1. The van der Waals surface area contributed by atoms with Gasteiger partial charge in [0.25, 0.3) is 0 Å². The molecular weight excluding hydrogens is 330 g/mol. The summed E-state index contributed by atoms with van der Waals surface area (Å²) < 4.78 is 8.04. The molecule has 0 radical (unpaired) electrons. The van der Waals surface area contributed by atoms with Crippen molar-refractivity contribution in [3.05, 3.63) is 66.5 Å². The molecule has 5 heteroatoms. The normalized spacial score (nSPS) is 14.7. The Morgan fingerprint density at radius 1 is 0.920 bits per heavy atom. The van der Waals surface area contributed by atoms with Crippen LogP contribution in [-0.4, -0.2) is 20.0 Å². The van der Waals surface area contributed by atoms with E-state index in [1.807, 2.05) is 60.3 Å². The molecule has 0 atom stereocenters. The van der Waals surface area contributed by atoms with Crippen molar-refractivity contribution < 1.29 is 4.74 Å². The summed E-state index contributed by atoms with van der Waals surface area (Å²) >= 11 is 1.85. The van der Waals surface area contributed by atoms with Crippen molar-refractivity contribution >= 4 is 11.8 Å². The number of benzene rings is 2. The second kappa shape index (κ2) is 7.74. The standard InChI is InChI=1S/C20H21N3OS/c1-3-9-16(10-4-1)23-19(15-24-17-11-5-2-6-12-17)21-22-20(23)25-18-13-7-8-14-18/h1-6,9-12,18H,7-8,13-15H2. The van der Waals surface area contributed by atoms with Gasteiger partial charge in [-0.25, -0.2) is 0 Å². The van der Waals surface area contributed by atoms with Crippen LogP contribution in [0.25, 0.3) is 5.69 Å². The third-order valence-electron chi connectivity index (χ3n) is 4.40. The smallest absolute Gasteiger partial charge is 0.196 e. The van der Waals surface area contributed by atoms with Crippen LogP contribution in [0.3, 0.4) is 0 Å². The molecule has 4 nitrogen and oxygen atoms in total. The maximum absolute atomic E-state index is 5.90. The van der Waals surface area contributed by atoms with E-state index in [4.69, 9.17) is 4.74 Å². The van der Waals surface area contributed by atoms with Crippen LogP contribution >= 0.6 is 11.8 Å². The Hall–Kier alpha value is -2.27. The van der Waals surface area contributed by atoms with Gasteiger partial charge in [-0.2, -0.15) is 0 Å². The van der Waals surface area contributed by atoms with Gasteiger partial charge in [-0.15, -0.1) is 10.2 Å².